The molecule has 0 saturated heterocycles. The lowest BCUT2D eigenvalue weighted by Gasteiger charge is -2.55. The molecule has 1 aromatic rings. The van der Waals surface area contributed by atoms with Crippen molar-refractivity contribution in [2.24, 2.45) is 23.2 Å². The second-order valence-electron chi connectivity index (χ2n) is 9.13. The Labute approximate surface area is 171 Å². The van der Waals surface area contributed by atoms with Gasteiger partial charge in [-0.2, -0.15) is 0 Å². The number of amides is 1. The SMILES string of the molecule is CN(C)S(=O)(=O)c1ccc(NC(=O)COC(=O)C23CC4CC(CC(C4)C2)C3)cc1. The fourth-order valence-corrected chi connectivity index (χ4v) is 6.66. The summed E-state index contributed by atoms with van der Waals surface area (Å²) in [5.74, 6) is 1.27. The Balaban J connectivity index is 1.32. The van der Waals surface area contributed by atoms with Crippen LogP contribution in [-0.2, 0) is 24.3 Å². The van der Waals surface area contributed by atoms with Crippen LogP contribution in [0.1, 0.15) is 38.5 Å². The average Bonchev–Trinajstić information content (AvgIpc) is 2.65. The Morgan fingerprint density at radius 2 is 1.55 bits per heavy atom. The average molecular weight is 421 g/mol. The van der Waals surface area contributed by atoms with Crippen molar-refractivity contribution in [1.29, 1.82) is 0 Å². The number of benzene rings is 1. The number of hydrogen-bond acceptors (Lipinski definition) is 5. The molecule has 1 N–H and O–H groups in total. The molecule has 0 heterocycles. The quantitative estimate of drug-likeness (QED) is 0.714. The summed E-state index contributed by atoms with van der Waals surface area (Å²) < 4.78 is 30.7. The van der Waals surface area contributed by atoms with Gasteiger partial charge in [-0.15, -0.1) is 0 Å². The van der Waals surface area contributed by atoms with E-state index in [2.05, 4.69) is 5.32 Å². The zero-order chi connectivity index (χ0) is 20.8. The number of nitrogens with one attached hydrogen (secondary N) is 1. The van der Waals surface area contributed by atoms with Crippen molar-refractivity contribution in [2.45, 2.75) is 43.4 Å². The van der Waals surface area contributed by atoms with E-state index in [1.165, 1.54) is 57.6 Å². The predicted molar refractivity (Wildman–Crippen MR) is 108 cm³/mol. The summed E-state index contributed by atoms with van der Waals surface area (Å²) in [6.45, 7) is -0.321. The lowest BCUT2D eigenvalue weighted by Crippen LogP contribution is -2.50. The van der Waals surface area contributed by atoms with E-state index in [1.807, 2.05) is 0 Å². The highest BCUT2D eigenvalue weighted by atomic mass is 32.2. The third kappa shape index (κ3) is 3.92. The topological polar surface area (TPSA) is 92.8 Å². The van der Waals surface area contributed by atoms with Gasteiger partial charge in [0.05, 0.1) is 10.3 Å². The molecular weight excluding hydrogens is 392 g/mol. The Morgan fingerprint density at radius 1 is 1.03 bits per heavy atom. The zero-order valence-corrected chi connectivity index (χ0v) is 17.7. The number of rotatable bonds is 6. The van der Waals surface area contributed by atoms with Crippen LogP contribution in [0.15, 0.2) is 29.2 Å². The summed E-state index contributed by atoms with van der Waals surface area (Å²) in [7, 11) is -0.592. The van der Waals surface area contributed by atoms with Gasteiger partial charge in [0, 0.05) is 19.8 Å². The number of carbonyl (C=O) groups is 2. The molecule has 0 atom stereocenters. The molecule has 0 spiro atoms. The van der Waals surface area contributed by atoms with E-state index in [0.29, 0.717) is 23.4 Å². The predicted octanol–water partition coefficient (Wildman–Crippen LogP) is 2.64. The first-order valence-corrected chi connectivity index (χ1v) is 11.6. The molecule has 4 aliphatic rings. The van der Waals surface area contributed by atoms with Gasteiger partial charge < -0.3 is 10.1 Å². The zero-order valence-electron chi connectivity index (χ0n) is 16.9. The van der Waals surface area contributed by atoms with Crippen molar-refractivity contribution in [3.05, 3.63) is 24.3 Å². The molecule has 4 aliphatic carbocycles. The molecule has 0 aromatic heterocycles. The summed E-state index contributed by atoms with van der Waals surface area (Å²) in [6, 6.07) is 5.92. The molecule has 0 unspecified atom stereocenters. The van der Waals surface area contributed by atoms with Crippen LogP contribution < -0.4 is 5.32 Å². The molecular formula is C21H28N2O5S. The molecule has 1 amide bonds. The maximum Gasteiger partial charge on any atom is 0.312 e. The Hall–Kier alpha value is -1.93. The molecule has 7 nitrogen and oxygen atoms in total. The molecule has 0 radical (unpaired) electrons. The number of sulfonamides is 1. The van der Waals surface area contributed by atoms with Crippen molar-refractivity contribution in [3.63, 3.8) is 0 Å². The first-order valence-electron chi connectivity index (χ1n) is 10.2. The minimum absolute atomic E-state index is 0.147. The fourth-order valence-electron chi connectivity index (χ4n) is 5.76. The van der Waals surface area contributed by atoms with E-state index >= 15 is 0 Å². The fraction of sp³-hybridized carbons (Fsp3) is 0.619. The first-order chi connectivity index (χ1) is 13.7. The largest absolute Gasteiger partial charge is 0.455 e. The van der Waals surface area contributed by atoms with Gasteiger partial charge in [0.15, 0.2) is 6.61 Å². The van der Waals surface area contributed by atoms with Crippen molar-refractivity contribution < 1.29 is 22.7 Å². The van der Waals surface area contributed by atoms with Crippen LogP contribution in [0.25, 0.3) is 0 Å². The highest BCUT2D eigenvalue weighted by Crippen LogP contribution is 2.60. The molecule has 0 aliphatic heterocycles. The van der Waals surface area contributed by atoms with Crippen LogP contribution in [-0.4, -0.2) is 45.3 Å². The Morgan fingerprint density at radius 3 is 2.03 bits per heavy atom. The second kappa shape index (κ2) is 7.40. The van der Waals surface area contributed by atoms with Gasteiger partial charge in [0.25, 0.3) is 5.91 Å². The van der Waals surface area contributed by atoms with Crippen molar-refractivity contribution in [3.8, 4) is 0 Å². The van der Waals surface area contributed by atoms with Gasteiger partial charge in [-0.1, -0.05) is 0 Å². The number of ether oxygens (including phenoxy) is 1. The number of nitrogens with zero attached hydrogens (tertiary/aromatic N) is 1. The monoisotopic (exact) mass is 420 g/mol. The molecule has 158 valence electrons. The molecule has 8 heteroatoms. The Kier molecular flexibility index (Phi) is 5.19. The summed E-state index contributed by atoms with van der Waals surface area (Å²) in [6.07, 6.45) is 6.44. The maximum atomic E-state index is 12.8. The van der Waals surface area contributed by atoms with Gasteiger partial charge >= 0.3 is 5.97 Å². The van der Waals surface area contributed by atoms with Crippen molar-refractivity contribution in [1.82, 2.24) is 4.31 Å². The van der Waals surface area contributed by atoms with Crippen LogP contribution in [0.2, 0.25) is 0 Å². The first kappa shape index (κ1) is 20.3. The normalized spacial score (nSPS) is 30.4. The van der Waals surface area contributed by atoms with E-state index in [4.69, 9.17) is 4.74 Å². The van der Waals surface area contributed by atoms with Crippen LogP contribution in [0.5, 0.6) is 0 Å². The van der Waals surface area contributed by atoms with Crippen molar-refractivity contribution >= 4 is 27.6 Å². The van der Waals surface area contributed by atoms with E-state index in [0.717, 1.165) is 23.6 Å². The number of anilines is 1. The standard InChI is InChI=1S/C21H28N2O5S/c1-23(2)29(26,27)18-5-3-17(4-6-18)22-19(24)13-28-20(25)21-10-14-7-15(11-21)9-16(8-14)12-21/h3-6,14-16H,7-13H2,1-2H3,(H,22,24). The number of carbonyl (C=O) groups excluding carboxylic acids is 2. The van der Waals surface area contributed by atoms with E-state index in [1.54, 1.807) is 0 Å². The van der Waals surface area contributed by atoms with Crippen LogP contribution >= 0.6 is 0 Å². The highest BCUT2D eigenvalue weighted by molar-refractivity contribution is 7.89. The highest BCUT2D eigenvalue weighted by Gasteiger charge is 2.55. The summed E-state index contributed by atoms with van der Waals surface area (Å²) in [4.78, 5) is 25.2. The molecule has 5 rings (SSSR count). The minimum Gasteiger partial charge on any atom is -0.455 e. The molecule has 29 heavy (non-hydrogen) atoms. The maximum absolute atomic E-state index is 12.8. The van der Waals surface area contributed by atoms with Crippen molar-refractivity contribution in [2.75, 3.05) is 26.0 Å². The number of hydrogen-bond donors (Lipinski definition) is 1. The molecule has 4 bridgehead atoms. The van der Waals surface area contributed by atoms with Crippen LogP contribution in [0.3, 0.4) is 0 Å². The third-order valence-corrected chi connectivity index (χ3v) is 8.55. The van der Waals surface area contributed by atoms with Gasteiger partial charge in [-0.05, 0) is 80.5 Å². The third-order valence-electron chi connectivity index (χ3n) is 6.72. The van der Waals surface area contributed by atoms with E-state index < -0.39 is 15.9 Å². The smallest absolute Gasteiger partial charge is 0.312 e. The summed E-state index contributed by atoms with van der Waals surface area (Å²) in [5, 5.41) is 2.65. The van der Waals surface area contributed by atoms with Gasteiger partial charge in [-0.3, -0.25) is 9.59 Å². The Bertz CT molecular complexity index is 872. The number of esters is 1. The van der Waals surface area contributed by atoms with Crippen LogP contribution in [0, 0.1) is 23.2 Å². The summed E-state index contributed by atoms with van der Waals surface area (Å²) >= 11 is 0. The molecule has 4 fully saturated rings. The molecule has 4 saturated carbocycles. The van der Waals surface area contributed by atoms with E-state index in [-0.39, 0.29) is 22.9 Å². The second-order valence-corrected chi connectivity index (χ2v) is 11.3. The molecule has 1 aromatic carbocycles. The van der Waals surface area contributed by atoms with Gasteiger partial charge in [-0.25, -0.2) is 12.7 Å². The summed E-state index contributed by atoms with van der Waals surface area (Å²) in [5.41, 5.74) is 0.0792. The van der Waals surface area contributed by atoms with Gasteiger partial charge in [0.2, 0.25) is 10.0 Å². The minimum atomic E-state index is -3.51. The van der Waals surface area contributed by atoms with Crippen LogP contribution in [0.4, 0.5) is 5.69 Å². The lowest BCUT2D eigenvalue weighted by molar-refractivity contribution is -0.172. The lowest BCUT2D eigenvalue weighted by atomic mass is 9.49. The van der Waals surface area contributed by atoms with Gasteiger partial charge in [0.1, 0.15) is 0 Å². The van der Waals surface area contributed by atoms with E-state index in [9.17, 15) is 18.0 Å².